The van der Waals surface area contributed by atoms with Gasteiger partial charge in [-0.05, 0) is 47.5 Å². The maximum atomic E-state index is 14.3. The number of aliphatic imine (C=N–C) groups is 4. The third kappa shape index (κ3) is 7.60. The van der Waals surface area contributed by atoms with Crippen molar-refractivity contribution in [3.05, 3.63) is 224 Å². The van der Waals surface area contributed by atoms with Crippen LogP contribution in [0.1, 0.15) is 33.4 Å². The summed E-state index contributed by atoms with van der Waals surface area (Å²) in [4.78, 5) is 47.4. The van der Waals surface area contributed by atoms with Crippen LogP contribution in [0, 0.1) is 0 Å². The molecular weight excluding hydrogens is 749 g/mol. The molecule has 0 aliphatic carbocycles. The monoisotopic (exact) mass is 784 g/mol. The lowest BCUT2D eigenvalue weighted by Crippen LogP contribution is -2.16. The molecule has 10 nitrogen and oxygen atoms in total. The number of nitrogens with two attached hydrogens (primary N) is 2. The number of nitrogens with zero attached hydrogens (tertiary/aromatic N) is 4. The Hall–Kier alpha value is -8.24. The lowest BCUT2D eigenvalue weighted by molar-refractivity contribution is 0.649. The summed E-state index contributed by atoms with van der Waals surface area (Å²) in [6, 6.07) is 52.1. The molecule has 290 valence electrons. The summed E-state index contributed by atoms with van der Waals surface area (Å²) >= 11 is 0. The molecule has 7 aromatic carbocycles. The molecule has 9 aromatic rings. The van der Waals surface area contributed by atoms with Crippen molar-refractivity contribution in [1.82, 2.24) is 0 Å². The van der Waals surface area contributed by atoms with Gasteiger partial charge in [-0.25, -0.2) is 9.98 Å². The van der Waals surface area contributed by atoms with Crippen LogP contribution < -0.4 is 22.3 Å². The fourth-order valence-corrected chi connectivity index (χ4v) is 7.01. The number of amidine groups is 4. The number of fused-ring (bicyclic) bond motifs is 5. The van der Waals surface area contributed by atoms with Crippen LogP contribution in [0.25, 0.3) is 43.9 Å². The van der Waals surface area contributed by atoms with E-state index in [4.69, 9.17) is 30.3 Å². The summed E-state index contributed by atoms with van der Waals surface area (Å²) in [5.41, 5.74) is 18.0. The highest BCUT2D eigenvalue weighted by atomic mass is 16.3. The Morgan fingerprint density at radius 2 is 0.850 bits per heavy atom. The number of rotatable bonds is 8. The van der Waals surface area contributed by atoms with Gasteiger partial charge in [0.25, 0.3) is 0 Å². The van der Waals surface area contributed by atoms with Gasteiger partial charge in [-0.15, -0.1) is 0 Å². The summed E-state index contributed by atoms with van der Waals surface area (Å²) in [7, 11) is 0. The first-order valence-electron chi connectivity index (χ1n) is 19.3. The summed E-state index contributed by atoms with van der Waals surface area (Å²) in [6.07, 6.45) is 0. The molecule has 0 aliphatic rings. The Balaban J connectivity index is 1.07. The van der Waals surface area contributed by atoms with Crippen molar-refractivity contribution in [3.63, 3.8) is 0 Å². The van der Waals surface area contributed by atoms with Gasteiger partial charge >= 0.3 is 0 Å². The van der Waals surface area contributed by atoms with E-state index < -0.39 is 0 Å². The predicted molar refractivity (Wildman–Crippen MR) is 241 cm³/mol. The first-order chi connectivity index (χ1) is 29.4. The molecule has 0 atom stereocenters. The molecule has 10 heteroatoms. The highest BCUT2D eigenvalue weighted by molar-refractivity contribution is 6.12. The summed E-state index contributed by atoms with van der Waals surface area (Å²) in [5.74, 6) is 1.59. The molecule has 0 bridgehead atoms. The van der Waals surface area contributed by atoms with Crippen LogP contribution in [-0.4, -0.2) is 23.3 Å². The molecule has 2 heterocycles. The molecule has 0 spiro atoms. The zero-order chi connectivity index (χ0) is 41.0. The van der Waals surface area contributed by atoms with E-state index in [-0.39, 0.29) is 40.3 Å². The van der Waals surface area contributed by atoms with Crippen LogP contribution >= 0.6 is 0 Å². The minimum Gasteiger partial charge on any atom is -0.456 e. The second kappa shape index (κ2) is 16.3. The number of hydrogen-bond donors (Lipinski definition) is 2. The van der Waals surface area contributed by atoms with E-state index in [9.17, 15) is 9.59 Å². The molecule has 0 radical (unpaired) electrons. The van der Waals surface area contributed by atoms with E-state index in [0.717, 1.165) is 33.4 Å². The van der Waals surface area contributed by atoms with Crippen molar-refractivity contribution in [3.8, 4) is 0 Å². The third-order valence-corrected chi connectivity index (χ3v) is 10.1. The Kier molecular flexibility index (Phi) is 10.2. The Morgan fingerprint density at radius 3 is 1.33 bits per heavy atom. The minimum absolute atomic E-state index is 0.157. The Labute approximate surface area is 343 Å². The van der Waals surface area contributed by atoms with Crippen molar-refractivity contribution < 1.29 is 8.83 Å². The summed E-state index contributed by atoms with van der Waals surface area (Å²) in [6.45, 7) is 0.437. The lowest BCUT2D eigenvalue weighted by Gasteiger charge is -2.08. The van der Waals surface area contributed by atoms with E-state index >= 15 is 0 Å². The van der Waals surface area contributed by atoms with Gasteiger partial charge in [0.05, 0.1) is 29.2 Å². The van der Waals surface area contributed by atoms with Crippen molar-refractivity contribution >= 4 is 67.2 Å². The molecule has 0 fully saturated rings. The second-order valence-electron chi connectivity index (χ2n) is 14.1. The van der Waals surface area contributed by atoms with Crippen LogP contribution in [0.5, 0.6) is 0 Å². The SMILES string of the molecule is N/C(=N\C(=N/Cc1ccc2oc3c(ccc4oc5ccc(C/N=C(\N=C(/N)c6ccccc6)c6ccccc6)cc5c(=O)c43)c(=O)c2c1)c1ccccc1)c1ccccc1. The van der Waals surface area contributed by atoms with Gasteiger partial charge < -0.3 is 20.3 Å². The quantitative estimate of drug-likeness (QED) is 0.0677. The van der Waals surface area contributed by atoms with Gasteiger partial charge in [-0.2, -0.15) is 0 Å². The van der Waals surface area contributed by atoms with Gasteiger partial charge in [0.2, 0.25) is 10.9 Å². The predicted octanol–water partition coefficient (Wildman–Crippen LogP) is 8.91. The highest BCUT2D eigenvalue weighted by Crippen LogP contribution is 2.28. The molecule has 9 rings (SSSR count). The van der Waals surface area contributed by atoms with E-state index in [0.29, 0.717) is 50.9 Å². The molecule has 0 unspecified atom stereocenters. The highest BCUT2D eigenvalue weighted by Gasteiger charge is 2.18. The van der Waals surface area contributed by atoms with Gasteiger partial charge in [-0.1, -0.05) is 133 Å². The molecule has 0 amide bonds. The van der Waals surface area contributed by atoms with Gasteiger partial charge in [-0.3, -0.25) is 19.6 Å². The topological polar surface area (TPSA) is 162 Å². The lowest BCUT2D eigenvalue weighted by atomic mass is 10.0. The fourth-order valence-electron chi connectivity index (χ4n) is 7.01. The van der Waals surface area contributed by atoms with Crippen molar-refractivity contribution in [1.29, 1.82) is 0 Å². The van der Waals surface area contributed by atoms with Crippen molar-refractivity contribution in [2.24, 2.45) is 31.4 Å². The maximum absolute atomic E-state index is 14.3. The first-order valence-corrected chi connectivity index (χ1v) is 19.3. The Bertz CT molecular complexity index is 3300. The van der Waals surface area contributed by atoms with Gasteiger partial charge in [0.15, 0.2) is 17.3 Å². The standard InChI is InChI=1S/C50H36N6O4/c51-47(33-13-5-1-6-14-33)55-49(35-17-9-3-10-18-35)53-29-31-22-25-41-38(27-31)44(57)37-23-26-42-43(46(37)60-41)45(58)39-28-32(21-24-40(39)59-42)30-54-50(36-19-11-4-12-20-36)56-48(52)34-15-7-2-8-16-34/h1-28H,29-30H2,(H2,51,53,55)(H2,52,54,56). The van der Waals surface area contributed by atoms with E-state index in [1.54, 1.807) is 36.4 Å². The van der Waals surface area contributed by atoms with E-state index in [2.05, 4.69) is 9.98 Å². The number of benzene rings is 7. The van der Waals surface area contributed by atoms with Crippen molar-refractivity contribution in [2.75, 3.05) is 0 Å². The van der Waals surface area contributed by atoms with E-state index in [1.807, 2.05) is 133 Å². The van der Waals surface area contributed by atoms with Crippen LogP contribution in [0.3, 0.4) is 0 Å². The van der Waals surface area contributed by atoms with Gasteiger partial charge in [0.1, 0.15) is 33.8 Å². The van der Waals surface area contributed by atoms with Crippen LogP contribution in [0.15, 0.2) is 208 Å². The van der Waals surface area contributed by atoms with E-state index in [1.165, 1.54) is 0 Å². The smallest absolute Gasteiger partial charge is 0.204 e. The van der Waals surface area contributed by atoms with Crippen LogP contribution in [0.4, 0.5) is 0 Å². The zero-order valence-electron chi connectivity index (χ0n) is 32.2. The second-order valence-corrected chi connectivity index (χ2v) is 14.1. The third-order valence-electron chi connectivity index (χ3n) is 10.1. The molecule has 60 heavy (non-hydrogen) atoms. The average molecular weight is 785 g/mol. The molecule has 2 aromatic heterocycles. The maximum Gasteiger partial charge on any atom is 0.204 e. The van der Waals surface area contributed by atoms with Gasteiger partial charge in [0, 0.05) is 22.3 Å². The summed E-state index contributed by atoms with van der Waals surface area (Å²) < 4.78 is 12.6. The largest absolute Gasteiger partial charge is 0.456 e. The zero-order valence-corrected chi connectivity index (χ0v) is 32.2. The summed E-state index contributed by atoms with van der Waals surface area (Å²) in [5, 5.41) is 1.13. The molecule has 0 aliphatic heterocycles. The molecular formula is C50H36N6O4. The average Bonchev–Trinajstić information content (AvgIpc) is 3.30. The fraction of sp³-hybridized carbons (Fsp3) is 0.0400. The molecule has 4 N–H and O–H groups in total. The first kappa shape index (κ1) is 37.3. The van der Waals surface area contributed by atoms with Crippen LogP contribution in [0.2, 0.25) is 0 Å². The molecule has 0 saturated carbocycles. The van der Waals surface area contributed by atoms with Crippen LogP contribution in [-0.2, 0) is 13.1 Å². The normalized spacial score (nSPS) is 12.8. The van der Waals surface area contributed by atoms with Crippen molar-refractivity contribution in [2.45, 2.75) is 13.1 Å². The Morgan fingerprint density at radius 1 is 0.433 bits per heavy atom. The number of hydrogen-bond acceptors (Lipinski definition) is 6. The minimum atomic E-state index is -0.325. The molecule has 0 saturated heterocycles.